The van der Waals surface area contributed by atoms with Crippen molar-refractivity contribution >= 4 is 17.7 Å². The summed E-state index contributed by atoms with van der Waals surface area (Å²) in [5.41, 5.74) is 2.27. The summed E-state index contributed by atoms with van der Waals surface area (Å²) >= 11 is 0. The second-order valence-electron chi connectivity index (χ2n) is 7.64. The van der Waals surface area contributed by atoms with E-state index in [1.165, 1.54) is 0 Å². The van der Waals surface area contributed by atoms with Crippen molar-refractivity contribution in [1.82, 2.24) is 10.2 Å². The van der Waals surface area contributed by atoms with Gasteiger partial charge in [0.25, 0.3) is 11.8 Å². The zero-order valence-corrected chi connectivity index (χ0v) is 18.4. The molecular weight excluding hydrogens is 420 g/mol. The first-order valence-electron chi connectivity index (χ1n) is 10.5. The van der Waals surface area contributed by atoms with Gasteiger partial charge in [-0.3, -0.25) is 19.3 Å². The van der Waals surface area contributed by atoms with Crippen LogP contribution < -0.4 is 14.8 Å². The summed E-state index contributed by atoms with van der Waals surface area (Å²) in [7, 11) is 3.09. The predicted molar refractivity (Wildman–Crippen MR) is 122 cm³/mol. The second-order valence-corrected chi connectivity index (χ2v) is 7.64. The van der Waals surface area contributed by atoms with Crippen LogP contribution in [0.15, 0.2) is 72.8 Å². The lowest BCUT2D eigenvalue weighted by atomic mass is 10.0. The number of fused-ring (bicyclic) bond motifs is 1. The lowest BCUT2D eigenvalue weighted by molar-refractivity contribution is -0.125. The van der Waals surface area contributed by atoms with E-state index in [-0.39, 0.29) is 13.0 Å². The highest BCUT2D eigenvalue weighted by Crippen LogP contribution is 2.28. The van der Waals surface area contributed by atoms with Gasteiger partial charge < -0.3 is 14.8 Å². The van der Waals surface area contributed by atoms with Crippen molar-refractivity contribution in [3.05, 3.63) is 95.1 Å². The molecule has 1 atom stereocenters. The first-order chi connectivity index (χ1) is 16.0. The number of amides is 3. The van der Waals surface area contributed by atoms with Crippen LogP contribution in [0.1, 0.15) is 31.8 Å². The Labute approximate surface area is 191 Å². The summed E-state index contributed by atoms with van der Waals surface area (Å²) in [6.07, 6.45) is 0.212. The summed E-state index contributed by atoms with van der Waals surface area (Å²) in [6.45, 7) is 0.202. The van der Waals surface area contributed by atoms with Gasteiger partial charge in [0.2, 0.25) is 5.91 Å². The standard InChI is InChI=1S/C26H24N2O5/c1-32-22-13-12-18(15-23(22)33-2)16-27-24(29)21(14-17-8-4-3-5-9-17)28-25(30)19-10-6-7-11-20(19)26(28)31/h3-13,15,21H,14,16H2,1-2H3,(H,27,29). The van der Waals surface area contributed by atoms with Crippen LogP contribution in [-0.2, 0) is 17.8 Å². The van der Waals surface area contributed by atoms with Crippen molar-refractivity contribution in [1.29, 1.82) is 0 Å². The smallest absolute Gasteiger partial charge is 0.262 e. The number of hydrogen-bond donors (Lipinski definition) is 1. The molecule has 0 fully saturated rings. The van der Waals surface area contributed by atoms with E-state index in [2.05, 4.69) is 5.32 Å². The van der Waals surface area contributed by atoms with E-state index < -0.39 is 23.8 Å². The first kappa shape index (κ1) is 22.1. The molecule has 1 unspecified atom stereocenters. The Kier molecular flexibility index (Phi) is 6.40. The van der Waals surface area contributed by atoms with Crippen LogP contribution >= 0.6 is 0 Å². The highest BCUT2D eigenvalue weighted by atomic mass is 16.5. The molecule has 168 valence electrons. The van der Waals surface area contributed by atoms with Crippen LogP contribution in [-0.4, -0.2) is 42.9 Å². The molecule has 1 heterocycles. The van der Waals surface area contributed by atoms with Gasteiger partial charge in [0.05, 0.1) is 25.3 Å². The minimum atomic E-state index is -0.986. The molecule has 0 aromatic heterocycles. The molecule has 0 saturated carbocycles. The molecule has 0 aliphatic carbocycles. The molecule has 3 aromatic rings. The third-order valence-electron chi connectivity index (χ3n) is 5.63. The highest BCUT2D eigenvalue weighted by molar-refractivity contribution is 6.22. The maximum absolute atomic E-state index is 13.3. The largest absolute Gasteiger partial charge is 0.493 e. The van der Waals surface area contributed by atoms with Gasteiger partial charge in [0.1, 0.15) is 6.04 Å². The van der Waals surface area contributed by atoms with E-state index in [1.807, 2.05) is 36.4 Å². The van der Waals surface area contributed by atoms with E-state index in [9.17, 15) is 14.4 Å². The van der Waals surface area contributed by atoms with Crippen molar-refractivity contribution in [2.45, 2.75) is 19.0 Å². The summed E-state index contributed by atoms with van der Waals surface area (Å²) in [5.74, 6) is -0.204. The highest BCUT2D eigenvalue weighted by Gasteiger charge is 2.42. The average molecular weight is 444 g/mol. The van der Waals surface area contributed by atoms with Gasteiger partial charge >= 0.3 is 0 Å². The number of carbonyl (C=O) groups excluding carboxylic acids is 3. The zero-order valence-electron chi connectivity index (χ0n) is 18.4. The van der Waals surface area contributed by atoms with Crippen LogP contribution in [0.5, 0.6) is 11.5 Å². The first-order valence-corrected chi connectivity index (χ1v) is 10.5. The molecule has 1 N–H and O–H groups in total. The predicted octanol–water partition coefficient (Wildman–Crippen LogP) is 3.23. The summed E-state index contributed by atoms with van der Waals surface area (Å²) < 4.78 is 10.6. The fourth-order valence-corrected chi connectivity index (χ4v) is 3.93. The van der Waals surface area contributed by atoms with E-state index in [0.29, 0.717) is 22.6 Å². The Morgan fingerprint density at radius 3 is 2.03 bits per heavy atom. The molecule has 4 rings (SSSR count). The van der Waals surface area contributed by atoms with E-state index >= 15 is 0 Å². The van der Waals surface area contributed by atoms with E-state index in [0.717, 1.165) is 16.0 Å². The fraction of sp³-hybridized carbons (Fsp3) is 0.192. The minimum absolute atomic E-state index is 0.202. The van der Waals surface area contributed by atoms with Gasteiger partial charge in [0.15, 0.2) is 11.5 Å². The van der Waals surface area contributed by atoms with Gasteiger partial charge in [-0.2, -0.15) is 0 Å². The molecule has 33 heavy (non-hydrogen) atoms. The van der Waals surface area contributed by atoms with Crippen LogP contribution in [0, 0.1) is 0 Å². The average Bonchev–Trinajstić information content (AvgIpc) is 3.11. The van der Waals surface area contributed by atoms with Gasteiger partial charge in [-0.25, -0.2) is 0 Å². The number of nitrogens with zero attached hydrogens (tertiary/aromatic N) is 1. The van der Waals surface area contributed by atoms with Crippen molar-refractivity contribution < 1.29 is 23.9 Å². The van der Waals surface area contributed by atoms with Crippen LogP contribution in [0.3, 0.4) is 0 Å². The Bertz CT molecular complexity index is 1160. The SMILES string of the molecule is COc1ccc(CNC(=O)C(Cc2ccccc2)N2C(=O)c3ccccc3C2=O)cc1OC. The number of methoxy groups -OCH3 is 2. The molecule has 3 aromatic carbocycles. The molecule has 1 aliphatic heterocycles. The monoisotopic (exact) mass is 444 g/mol. The fourth-order valence-electron chi connectivity index (χ4n) is 3.93. The molecule has 0 radical (unpaired) electrons. The Morgan fingerprint density at radius 1 is 0.818 bits per heavy atom. The molecule has 0 bridgehead atoms. The van der Waals surface area contributed by atoms with Crippen LogP contribution in [0.2, 0.25) is 0 Å². The maximum atomic E-state index is 13.3. The Hall–Kier alpha value is -4.13. The topological polar surface area (TPSA) is 84.9 Å². The maximum Gasteiger partial charge on any atom is 0.262 e. The van der Waals surface area contributed by atoms with Gasteiger partial charge in [-0.1, -0.05) is 48.5 Å². The van der Waals surface area contributed by atoms with Crippen molar-refractivity contribution in [2.75, 3.05) is 14.2 Å². The van der Waals surface area contributed by atoms with Crippen molar-refractivity contribution in [3.8, 4) is 11.5 Å². The van der Waals surface area contributed by atoms with Crippen LogP contribution in [0.4, 0.5) is 0 Å². The van der Waals surface area contributed by atoms with Gasteiger partial charge in [0, 0.05) is 13.0 Å². The summed E-state index contributed by atoms with van der Waals surface area (Å²) in [6, 6.07) is 20.3. The summed E-state index contributed by atoms with van der Waals surface area (Å²) in [5, 5.41) is 2.87. The number of ether oxygens (including phenoxy) is 2. The normalized spacial score (nSPS) is 13.5. The third kappa shape index (κ3) is 4.43. The number of hydrogen-bond acceptors (Lipinski definition) is 5. The quantitative estimate of drug-likeness (QED) is 0.540. The number of benzene rings is 3. The Morgan fingerprint density at radius 2 is 1.42 bits per heavy atom. The molecule has 0 saturated heterocycles. The number of rotatable bonds is 8. The molecular formula is C26H24N2O5. The number of carbonyl (C=O) groups is 3. The summed E-state index contributed by atoms with van der Waals surface area (Å²) in [4.78, 5) is 40.5. The molecule has 7 nitrogen and oxygen atoms in total. The molecule has 7 heteroatoms. The zero-order chi connectivity index (χ0) is 23.4. The van der Waals surface area contributed by atoms with E-state index in [1.54, 1.807) is 50.6 Å². The molecule has 3 amide bonds. The van der Waals surface area contributed by atoms with E-state index in [4.69, 9.17) is 9.47 Å². The lowest BCUT2D eigenvalue weighted by Crippen LogP contribution is -2.50. The lowest BCUT2D eigenvalue weighted by Gasteiger charge is -2.25. The van der Waals surface area contributed by atoms with Gasteiger partial charge in [-0.15, -0.1) is 0 Å². The third-order valence-corrected chi connectivity index (χ3v) is 5.63. The Balaban J connectivity index is 1.58. The van der Waals surface area contributed by atoms with Crippen LogP contribution in [0.25, 0.3) is 0 Å². The number of nitrogens with one attached hydrogen (secondary N) is 1. The van der Waals surface area contributed by atoms with Crippen molar-refractivity contribution in [2.24, 2.45) is 0 Å². The second kappa shape index (κ2) is 9.56. The minimum Gasteiger partial charge on any atom is -0.493 e. The molecule has 0 spiro atoms. The number of imide groups is 1. The van der Waals surface area contributed by atoms with Gasteiger partial charge in [-0.05, 0) is 35.4 Å². The molecule has 1 aliphatic rings. The van der Waals surface area contributed by atoms with Crippen molar-refractivity contribution in [3.63, 3.8) is 0 Å².